The summed E-state index contributed by atoms with van der Waals surface area (Å²) >= 11 is 4.87. The first-order chi connectivity index (χ1) is 6.18. The molecular formula is C8H4BrNO2S. The van der Waals surface area contributed by atoms with Crippen molar-refractivity contribution in [1.82, 2.24) is 4.98 Å². The molecule has 1 N–H and O–H groups in total. The molecule has 13 heavy (non-hydrogen) atoms. The van der Waals surface area contributed by atoms with E-state index in [-0.39, 0.29) is 5.69 Å². The summed E-state index contributed by atoms with van der Waals surface area (Å²) in [5.74, 6) is -1.00. The molecule has 0 aliphatic heterocycles. The van der Waals surface area contributed by atoms with Gasteiger partial charge in [-0.3, -0.25) is 0 Å². The third-order valence-corrected chi connectivity index (χ3v) is 3.53. The van der Waals surface area contributed by atoms with Gasteiger partial charge in [-0.25, -0.2) is 9.78 Å². The van der Waals surface area contributed by atoms with E-state index in [4.69, 9.17) is 5.11 Å². The van der Waals surface area contributed by atoms with Crippen molar-refractivity contribution in [3.8, 4) is 0 Å². The number of rotatable bonds is 1. The largest absolute Gasteiger partial charge is 0.477 e. The van der Waals surface area contributed by atoms with E-state index < -0.39 is 5.97 Å². The zero-order chi connectivity index (χ0) is 9.42. The van der Waals surface area contributed by atoms with Crippen LogP contribution >= 0.6 is 27.3 Å². The normalized spacial score (nSPS) is 10.5. The van der Waals surface area contributed by atoms with E-state index in [1.165, 1.54) is 11.3 Å². The van der Waals surface area contributed by atoms with E-state index in [2.05, 4.69) is 20.9 Å². The summed E-state index contributed by atoms with van der Waals surface area (Å²) in [7, 11) is 0. The van der Waals surface area contributed by atoms with Gasteiger partial charge < -0.3 is 5.11 Å². The van der Waals surface area contributed by atoms with E-state index in [1.807, 2.05) is 5.38 Å². The lowest BCUT2D eigenvalue weighted by Crippen LogP contribution is -1.98. The average Bonchev–Trinajstić information content (AvgIpc) is 2.47. The van der Waals surface area contributed by atoms with E-state index in [0.29, 0.717) is 0 Å². The molecule has 0 fully saturated rings. The minimum atomic E-state index is -1.00. The number of nitrogens with zero attached hydrogens (tertiary/aromatic N) is 1. The third-order valence-electron chi connectivity index (χ3n) is 1.63. The Balaban J connectivity index is 2.72. The second kappa shape index (κ2) is 3.08. The van der Waals surface area contributed by atoms with E-state index in [9.17, 15) is 4.79 Å². The van der Waals surface area contributed by atoms with Crippen LogP contribution in [0.15, 0.2) is 22.1 Å². The number of carboxylic acid groups (broad SMARTS) is 1. The minimum Gasteiger partial charge on any atom is -0.477 e. The molecule has 66 valence electrons. The molecule has 0 aromatic carbocycles. The molecule has 2 rings (SSSR count). The highest BCUT2D eigenvalue weighted by atomic mass is 79.9. The first kappa shape index (κ1) is 8.65. The van der Waals surface area contributed by atoms with Gasteiger partial charge in [-0.15, -0.1) is 11.3 Å². The van der Waals surface area contributed by atoms with Crippen LogP contribution < -0.4 is 0 Å². The van der Waals surface area contributed by atoms with Gasteiger partial charge in [0.15, 0.2) is 0 Å². The van der Waals surface area contributed by atoms with Crippen molar-refractivity contribution in [2.24, 2.45) is 0 Å². The second-order valence-corrected chi connectivity index (χ2v) is 4.22. The Hall–Kier alpha value is -0.940. The molecule has 0 amide bonds. The maximum atomic E-state index is 10.6. The summed E-state index contributed by atoms with van der Waals surface area (Å²) in [5, 5.41) is 11.5. The number of pyridine rings is 1. The zero-order valence-corrected chi connectivity index (χ0v) is 8.72. The van der Waals surface area contributed by atoms with Crippen LogP contribution in [-0.2, 0) is 0 Å². The molecule has 0 unspecified atom stereocenters. The highest BCUT2D eigenvalue weighted by Gasteiger charge is 2.08. The number of carbonyl (C=O) groups is 1. The lowest BCUT2D eigenvalue weighted by Gasteiger charge is -1.93. The number of aromatic nitrogens is 1. The van der Waals surface area contributed by atoms with Crippen LogP contribution in [0.1, 0.15) is 10.5 Å². The van der Waals surface area contributed by atoms with Crippen LogP contribution in [0, 0.1) is 0 Å². The summed E-state index contributed by atoms with van der Waals surface area (Å²) in [5.41, 5.74) is 0.0756. The predicted molar refractivity (Wildman–Crippen MR) is 54.3 cm³/mol. The predicted octanol–water partition coefficient (Wildman–Crippen LogP) is 2.76. The quantitative estimate of drug-likeness (QED) is 0.855. The maximum Gasteiger partial charge on any atom is 0.354 e. The number of fused-ring (bicyclic) bond motifs is 1. The molecule has 0 saturated carbocycles. The highest BCUT2D eigenvalue weighted by molar-refractivity contribution is 9.10. The molecular weight excluding hydrogens is 254 g/mol. The summed E-state index contributed by atoms with van der Waals surface area (Å²) in [4.78, 5) is 14.4. The number of carboxylic acids is 1. The summed E-state index contributed by atoms with van der Waals surface area (Å²) < 4.78 is 1.90. The first-order valence-corrected chi connectivity index (χ1v) is 5.12. The molecule has 0 aliphatic rings. The summed E-state index contributed by atoms with van der Waals surface area (Å²) in [6.07, 6.45) is 1.58. The van der Waals surface area contributed by atoms with Gasteiger partial charge in [0.25, 0.3) is 0 Å². The molecule has 2 aromatic heterocycles. The van der Waals surface area contributed by atoms with Gasteiger partial charge in [-0.05, 0) is 22.0 Å². The van der Waals surface area contributed by atoms with Crippen molar-refractivity contribution in [2.45, 2.75) is 0 Å². The number of aromatic carboxylic acids is 1. The van der Waals surface area contributed by atoms with Crippen LogP contribution in [0.3, 0.4) is 0 Å². The van der Waals surface area contributed by atoms with E-state index in [0.717, 1.165) is 14.6 Å². The Labute approximate surface area is 86.2 Å². The zero-order valence-electron chi connectivity index (χ0n) is 6.32. The molecule has 0 aliphatic carbocycles. The fraction of sp³-hybridized carbons (Fsp3) is 0. The van der Waals surface area contributed by atoms with Gasteiger partial charge in [-0.1, -0.05) is 0 Å². The van der Waals surface area contributed by atoms with Gasteiger partial charge in [0, 0.05) is 21.4 Å². The number of thiophene rings is 1. The van der Waals surface area contributed by atoms with Gasteiger partial charge in [0.2, 0.25) is 0 Å². The maximum absolute atomic E-state index is 10.6. The fourth-order valence-corrected chi connectivity index (χ4v) is 2.53. The molecule has 0 atom stereocenters. The fourth-order valence-electron chi connectivity index (χ4n) is 1.02. The van der Waals surface area contributed by atoms with E-state index in [1.54, 1.807) is 12.3 Å². The molecule has 0 saturated heterocycles. The van der Waals surface area contributed by atoms with Crippen molar-refractivity contribution in [3.05, 3.63) is 27.8 Å². The van der Waals surface area contributed by atoms with Gasteiger partial charge in [0.05, 0.1) is 4.70 Å². The van der Waals surface area contributed by atoms with Crippen LogP contribution in [0.25, 0.3) is 10.1 Å². The highest BCUT2D eigenvalue weighted by Crippen LogP contribution is 2.29. The lowest BCUT2D eigenvalue weighted by molar-refractivity contribution is 0.0691. The van der Waals surface area contributed by atoms with E-state index >= 15 is 0 Å². The standard InChI is InChI=1S/C8H4BrNO2S/c9-5-3-13-7-2-10-6(8(11)12)1-4(5)7/h1-3H,(H,11,12). The Bertz CT molecular complexity index is 480. The summed E-state index contributed by atoms with van der Waals surface area (Å²) in [6.45, 7) is 0. The SMILES string of the molecule is O=C(O)c1cc2c(Br)csc2cn1. The van der Waals surface area contributed by atoms with Gasteiger partial charge in [-0.2, -0.15) is 0 Å². The second-order valence-electron chi connectivity index (χ2n) is 2.45. The average molecular weight is 258 g/mol. The van der Waals surface area contributed by atoms with Crippen molar-refractivity contribution < 1.29 is 9.90 Å². The number of halogens is 1. The summed E-state index contributed by atoms with van der Waals surface area (Å²) in [6, 6.07) is 1.57. The minimum absolute atomic E-state index is 0.0756. The third kappa shape index (κ3) is 1.45. The Kier molecular flexibility index (Phi) is 2.05. The van der Waals surface area contributed by atoms with Crippen molar-refractivity contribution in [2.75, 3.05) is 0 Å². The molecule has 5 heteroatoms. The first-order valence-electron chi connectivity index (χ1n) is 3.44. The Morgan fingerprint density at radius 3 is 3.08 bits per heavy atom. The van der Waals surface area contributed by atoms with Crippen LogP contribution in [0.2, 0.25) is 0 Å². The van der Waals surface area contributed by atoms with Crippen LogP contribution in [0.4, 0.5) is 0 Å². The number of hydrogen-bond donors (Lipinski definition) is 1. The van der Waals surface area contributed by atoms with Gasteiger partial charge >= 0.3 is 5.97 Å². The Morgan fingerprint density at radius 2 is 2.38 bits per heavy atom. The molecule has 0 bridgehead atoms. The van der Waals surface area contributed by atoms with Crippen molar-refractivity contribution >= 4 is 43.3 Å². The molecule has 0 radical (unpaired) electrons. The van der Waals surface area contributed by atoms with Crippen molar-refractivity contribution in [3.63, 3.8) is 0 Å². The van der Waals surface area contributed by atoms with Crippen molar-refractivity contribution in [1.29, 1.82) is 0 Å². The number of hydrogen-bond acceptors (Lipinski definition) is 3. The molecule has 0 spiro atoms. The molecule has 2 aromatic rings. The Morgan fingerprint density at radius 1 is 1.62 bits per heavy atom. The molecule has 3 nitrogen and oxygen atoms in total. The smallest absolute Gasteiger partial charge is 0.354 e. The van der Waals surface area contributed by atoms with Crippen LogP contribution in [-0.4, -0.2) is 16.1 Å². The van der Waals surface area contributed by atoms with Crippen LogP contribution in [0.5, 0.6) is 0 Å². The molecule has 2 heterocycles. The topological polar surface area (TPSA) is 50.2 Å². The monoisotopic (exact) mass is 257 g/mol. The van der Waals surface area contributed by atoms with Gasteiger partial charge in [0.1, 0.15) is 5.69 Å². The lowest BCUT2D eigenvalue weighted by atomic mass is 10.3.